The summed E-state index contributed by atoms with van der Waals surface area (Å²) in [5.74, 6) is 0.989. The fraction of sp³-hybridized carbons (Fsp3) is 0.692. The van der Waals surface area contributed by atoms with E-state index in [2.05, 4.69) is 15.1 Å². The SMILES string of the molecule is OC12CCCC(N3CCc4cc(Cl)nnc43)(C1)C2. The minimum atomic E-state index is -0.402. The van der Waals surface area contributed by atoms with E-state index in [0.717, 1.165) is 44.5 Å². The molecule has 2 heterocycles. The van der Waals surface area contributed by atoms with E-state index in [-0.39, 0.29) is 5.54 Å². The number of halogens is 1. The molecule has 2 bridgehead atoms. The van der Waals surface area contributed by atoms with Gasteiger partial charge in [-0.2, -0.15) is 0 Å². The van der Waals surface area contributed by atoms with Crippen molar-refractivity contribution in [1.29, 1.82) is 0 Å². The van der Waals surface area contributed by atoms with E-state index in [4.69, 9.17) is 11.6 Å². The minimum Gasteiger partial charge on any atom is -0.390 e. The lowest BCUT2D eigenvalue weighted by Gasteiger charge is -2.61. The first-order valence-electron chi connectivity index (χ1n) is 6.63. The van der Waals surface area contributed by atoms with E-state index < -0.39 is 5.60 Å². The molecule has 4 nitrogen and oxygen atoms in total. The fourth-order valence-corrected chi connectivity index (χ4v) is 4.38. The summed E-state index contributed by atoms with van der Waals surface area (Å²) in [6.45, 7) is 0.987. The Balaban J connectivity index is 1.69. The summed E-state index contributed by atoms with van der Waals surface area (Å²) in [4.78, 5) is 2.37. The zero-order valence-electron chi connectivity index (χ0n) is 10.2. The Kier molecular flexibility index (Phi) is 2.06. The van der Waals surface area contributed by atoms with Crippen LogP contribution in [-0.4, -0.2) is 33.0 Å². The average molecular weight is 266 g/mol. The van der Waals surface area contributed by atoms with Crippen LogP contribution in [0.15, 0.2) is 6.07 Å². The second kappa shape index (κ2) is 3.36. The van der Waals surface area contributed by atoms with Crippen LogP contribution in [0.5, 0.6) is 0 Å². The molecule has 18 heavy (non-hydrogen) atoms. The molecule has 0 aromatic carbocycles. The van der Waals surface area contributed by atoms with Crippen molar-refractivity contribution in [3.8, 4) is 0 Å². The topological polar surface area (TPSA) is 49.2 Å². The predicted molar refractivity (Wildman–Crippen MR) is 68.9 cm³/mol. The molecule has 3 fully saturated rings. The summed E-state index contributed by atoms with van der Waals surface area (Å²) in [6, 6.07) is 1.92. The van der Waals surface area contributed by atoms with Crippen LogP contribution < -0.4 is 4.90 Å². The lowest BCUT2D eigenvalue weighted by Crippen LogP contribution is -2.68. The highest BCUT2D eigenvalue weighted by molar-refractivity contribution is 6.29. The van der Waals surface area contributed by atoms with Crippen molar-refractivity contribution in [3.05, 3.63) is 16.8 Å². The molecule has 0 spiro atoms. The van der Waals surface area contributed by atoms with Gasteiger partial charge in [-0.05, 0) is 44.6 Å². The molecule has 1 aromatic rings. The molecule has 0 unspecified atom stereocenters. The van der Waals surface area contributed by atoms with Crippen LogP contribution in [0.4, 0.5) is 5.82 Å². The third kappa shape index (κ3) is 1.36. The number of anilines is 1. The second-order valence-corrected chi connectivity index (χ2v) is 6.46. The van der Waals surface area contributed by atoms with Crippen LogP contribution in [0, 0.1) is 0 Å². The Hall–Kier alpha value is -0.870. The van der Waals surface area contributed by atoms with Crippen LogP contribution in [0.2, 0.25) is 5.15 Å². The van der Waals surface area contributed by atoms with Gasteiger partial charge in [0.1, 0.15) is 0 Å². The molecule has 0 saturated heterocycles. The number of rotatable bonds is 1. The van der Waals surface area contributed by atoms with Crippen molar-refractivity contribution in [2.45, 2.75) is 49.7 Å². The number of fused-ring (bicyclic) bond motifs is 3. The highest BCUT2D eigenvalue weighted by Gasteiger charge is 2.60. The van der Waals surface area contributed by atoms with Crippen LogP contribution in [0.1, 0.15) is 37.7 Å². The van der Waals surface area contributed by atoms with E-state index >= 15 is 0 Å². The maximum atomic E-state index is 10.3. The smallest absolute Gasteiger partial charge is 0.155 e. The molecule has 0 atom stereocenters. The lowest BCUT2D eigenvalue weighted by atomic mass is 9.55. The normalized spacial score (nSPS) is 37.3. The van der Waals surface area contributed by atoms with Crippen LogP contribution in [-0.2, 0) is 6.42 Å². The van der Waals surface area contributed by atoms with Crippen LogP contribution >= 0.6 is 11.6 Å². The van der Waals surface area contributed by atoms with E-state index in [9.17, 15) is 5.11 Å². The highest BCUT2D eigenvalue weighted by atomic mass is 35.5. The van der Waals surface area contributed by atoms with Crippen LogP contribution in [0.3, 0.4) is 0 Å². The molecular formula is C13H16ClN3O. The Morgan fingerprint density at radius 3 is 2.89 bits per heavy atom. The largest absolute Gasteiger partial charge is 0.390 e. The summed E-state index contributed by atoms with van der Waals surface area (Å²) in [5.41, 5.74) is 0.937. The average Bonchev–Trinajstić information content (AvgIpc) is 2.70. The number of nitrogens with zero attached hydrogens (tertiary/aromatic N) is 3. The van der Waals surface area contributed by atoms with Crippen molar-refractivity contribution in [2.24, 2.45) is 0 Å². The quantitative estimate of drug-likeness (QED) is 0.843. The Labute approximate surface area is 111 Å². The number of hydrogen-bond donors (Lipinski definition) is 1. The third-order valence-electron chi connectivity index (χ3n) is 4.85. The van der Waals surface area contributed by atoms with Gasteiger partial charge in [0.25, 0.3) is 0 Å². The zero-order chi connectivity index (χ0) is 12.4. The van der Waals surface area contributed by atoms with Gasteiger partial charge in [0, 0.05) is 17.6 Å². The molecule has 96 valence electrons. The van der Waals surface area contributed by atoms with E-state index in [1.807, 2.05) is 6.07 Å². The number of aliphatic hydroxyl groups is 1. The third-order valence-corrected chi connectivity index (χ3v) is 5.04. The summed E-state index contributed by atoms with van der Waals surface area (Å²) in [7, 11) is 0. The van der Waals surface area contributed by atoms with Crippen molar-refractivity contribution in [1.82, 2.24) is 10.2 Å². The Morgan fingerprint density at radius 1 is 1.28 bits per heavy atom. The minimum absolute atomic E-state index is 0.140. The first-order valence-corrected chi connectivity index (χ1v) is 7.00. The Morgan fingerprint density at radius 2 is 2.11 bits per heavy atom. The van der Waals surface area contributed by atoms with Gasteiger partial charge in [0.2, 0.25) is 0 Å². The van der Waals surface area contributed by atoms with Crippen molar-refractivity contribution in [2.75, 3.05) is 11.4 Å². The van der Waals surface area contributed by atoms with Gasteiger partial charge in [0.15, 0.2) is 11.0 Å². The van der Waals surface area contributed by atoms with Crippen LogP contribution in [0.25, 0.3) is 0 Å². The van der Waals surface area contributed by atoms with Gasteiger partial charge >= 0.3 is 0 Å². The molecule has 0 amide bonds. The van der Waals surface area contributed by atoms with Gasteiger partial charge in [-0.15, -0.1) is 10.2 Å². The van der Waals surface area contributed by atoms with Gasteiger partial charge in [0.05, 0.1) is 5.60 Å². The van der Waals surface area contributed by atoms with Crippen molar-refractivity contribution >= 4 is 17.4 Å². The second-order valence-electron chi connectivity index (χ2n) is 6.07. The van der Waals surface area contributed by atoms with Gasteiger partial charge < -0.3 is 10.0 Å². The maximum Gasteiger partial charge on any atom is 0.155 e. The number of hydrogen-bond acceptors (Lipinski definition) is 4. The fourth-order valence-electron chi connectivity index (χ4n) is 4.21. The van der Waals surface area contributed by atoms with Gasteiger partial charge in [-0.1, -0.05) is 11.6 Å². The van der Waals surface area contributed by atoms with E-state index in [1.165, 1.54) is 12.0 Å². The summed E-state index contributed by atoms with van der Waals surface area (Å²) in [6.07, 6.45) is 6.02. The molecular weight excluding hydrogens is 250 g/mol. The monoisotopic (exact) mass is 265 g/mol. The summed E-state index contributed by atoms with van der Waals surface area (Å²) in [5, 5.41) is 19.0. The molecule has 4 aliphatic rings. The molecule has 1 N–H and O–H groups in total. The molecule has 0 radical (unpaired) electrons. The summed E-state index contributed by atoms with van der Waals surface area (Å²) < 4.78 is 0. The molecule has 1 aliphatic heterocycles. The van der Waals surface area contributed by atoms with Crippen molar-refractivity contribution in [3.63, 3.8) is 0 Å². The molecule has 3 saturated carbocycles. The van der Waals surface area contributed by atoms with Gasteiger partial charge in [-0.3, -0.25) is 0 Å². The van der Waals surface area contributed by atoms with Gasteiger partial charge in [-0.25, -0.2) is 0 Å². The first kappa shape index (κ1) is 11.0. The molecule has 3 aliphatic carbocycles. The summed E-state index contributed by atoms with van der Waals surface area (Å²) >= 11 is 5.89. The Bertz CT molecular complexity index is 513. The maximum absolute atomic E-state index is 10.3. The highest BCUT2D eigenvalue weighted by Crippen LogP contribution is 2.56. The lowest BCUT2D eigenvalue weighted by molar-refractivity contribution is -0.124. The van der Waals surface area contributed by atoms with E-state index in [0.29, 0.717) is 5.15 Å². The standard InChI is InChI=1S/C13H16ClN3O/c14-10-6-9-2-5-17(11(9)16-15-10)12-3-1-4-13(18,7-12)8-12/h6,18H,1-5,7-8H2. The number of aromatic nitrogens is 2. The zero-order valence-corrected chi connectivity index (χ0v) is 10.9. The van der Waals surface area contributed by atoms with Crippen molar-refractivity contribution < 1.29 is 5.11 Å². The molecule has 1 aromatic heterocycles. The van der Waals surface area contributed by atoms with E-state index in [1.54, 1.807) is 0 Å². The predicted octanol–water partition coefficient (Wildman–Crippen LogP) is 1.94. The molecule has 5 rings (SSSR count). The first-order chi connectivity index (χ1) is 8.60. The molecule has 5 heteroatoms.